The van der Waals surface area contributed by atoms with Gasteiger partial charge in [-0.2, -0.15) is 8.87 Å². The molecule has 2 heterocycles. The Kier molecular flexibility index (Phi) is 4.31. The molecule has 1 saturated heterocycles. The lowest BCUT2D eigenvalue weighted by molar-refractivity contribution is -0.345. The summed E-state index contributed by atoms with van der Waals surface area (Å²) in [4.78, 5) is 16.0. The van der Waals surface area contributed by atoms with Gasteiger partial charge in [0.2, 0.25) is 16.4 Å². The van der Waals surface area contributed by atoms with E-state index < -0.39 is 10.0 Å². The van der Waals surface area contributed by atoms with E-state index in [1.165, 1.54) is 21.0 Å². The standard InChI is InChI=1S/C18H17N3O4S/c22-18(21-13-19-16-3-1-2-4-17(16)21)14-5-7-15(8-6-14)26(23,24)20-9-11-25-12-10-20/h1-8,13H,9-12H2/p+1. The topological polar surface area (TPSA) is 82.8 Å². The zero-order chi connectivity index (χ0) is 18.1. The highest BCUT2D eigenvalue weighted by molar-refractivity contribution is 7.89. The van der Waals surface area contributed by atoms with Gasteiger partial charge >= 0.3 is 5.91 Å². The van der Waals surface area contributed by atoms with Gasteiger partial charge in [-0.15, -0.1) is 0 Å². The van der Waals surface area contributed by atoms with Gasteiger partial charge in [0.15, 0.2) is 11.0 Å². The Balaban J connectivity index is 1.62. The first kappa shape index (κ1) is 16.9. The van der Waals surface area contributed by atoms with Crippen molar-refractivity contribution in [1.29, 1.82) is 0 Å². The number of para-hydroxylation sites is 2. The second kappa shape index (κ2) is 6.64. The van der Waals surface area contributed by atoms with E-state index in [2.05, 4.69) is 4.98 Å². The first-order valence-corrected chi connectivity index (χ1v) is 9.72. The second-order valence-corrected chi connectivity index (χ2v) is 7.94. The highest BCUT2D eigenvalue weighted by Crippen LogP contribution is 2.19. The fourth-order valence-electron chi connectivity index (χ4n) is 3.02. The van der Waals surface area contributed by atoms with Crippen LogP contribution < -0.4 is 4.98 Å². The predicted molar refractivity (Wildman–Crippen MR) is 94.2 cm³/mol. The highest BCUT2D eigenvalue weighted by atomic mass is 32.2. The van der Waals surface area contributed by atoms with E-state index in [4.69, 9.17) is 4.74 Å². The van der Waals surface area contributed by atoms with Gasteiger partial charge in [-0.3, -0.25) is 0 Å². The van der Waals surface area contributed by atoms with E-state index in [9.17, 15) is 13.2 Å². The quantitative estimate of drug-likeness (QED) is 0.691. The second-order valence-electron chi connectivity index (χ2n) is 6.01. The fourth-order valence-corrected chi connectivity index (χ4v) is 4.43. The molecule has 1 fully saturated rings. The lowest BCUT2D eigenvalue weighted by Crippen LogP contribution is -2.40. The largest absolute Gasteiger partial charge is 0.379 e. The van der Waals surface area contributed by atoms with Crippen molar-refractivity contribution in [1.82, 2.24) is 8.87 Å². The fraction of sp³-hybridized carbons (Fsp3) is 0.222. The molecule has 134 valence electrons. The van der Waals surface area contributed by atoms with E-state index in [-0.39, 0.29) is 10.8 Å². The van der Waals surface area contributed by atoms with Crippen molar-refractivity contribution in [3.05, 3.63) is 60.4 Å². The molecule has 3 aromatic rings. The van der Waals surface area contributed by atoms with E-state index >= 15 is 0 Å². The first-order chi connectivity index (χ1) is 12.6. The van der Waals surface area contributed by atoms with Gasteiger partial charge in [-0.25, -0.2) is 18.2 Å². The van der Waals surface area contributed by atoms with Crippen LogP contribution >= 0.6 is 0 Å². The number of hydrogen-bond donors (Lipinski definition) is 0. The van der Waals surface area contributed by atoms with Gasteiger partial charge < -0.3 is 4.74 Å². The van der Waals surface area contributed by atoms with Gasteiger partial charge in [0.25, 0.3) is 0 Å². The van der Waals surface area contributed by atoms with Crippen LogP contribution in [0.3, 0.4) is 0 Å². The van der Waals surface area contributed by atoms with Crippen LogP contribution in [0.2, 0.25) is 0 Å². The molecule has 0 aliphatic carbocycles. The van der Waals surface area contributed by atoms with Crippen LogP contribution in [0.1, 0.15) is 10.4 Å². The van der Waals surface area contributed by atoms with Gasteiger partial charge in [0.1, 0.15) is 0 Å². The Morgan fingerprint density at radius 3 is 2.42 bits per heavy atom. The number of sulfonamides is 1. The number of aromatic nitrogens is 2. The number of nitrogens with one attached hydrogen (secondary N) is 1. The molecule has 0 atom stereocenters. The lowest BCUT2D eigenvalue weighted by Gasteiger charge is -2.26. The van der Waals surface area contributed by atoms with Gasteiger partial charge in [0.05, 0.1) is 23.7 Å². The van der Waals surface area contributed by atoms with Crippen LogP contribution in [0.25, 0.3) is 11.0 Å². The van der Waals surface area contributed by atoms with Gasteiger partial charge in [-0.05, 0) is 36.4 Å². The summed E-state index contributed by atoms with van der Waals surface area (Å²) in [5, 5.41) is 0. The Bertz CT molecular complexity index is 1050. The average molecular weight is 372 g/mol. The van der Waals surface area contributed by atoms with Gasteiger partial charge in [-0.1, -0.05) is 12.1 Å². The third-order valence-electron chi connectivity index (χ3n) is 4.44. The Hall–Kier alpha value is -2.55. The van der Waals surface area contributed by atoms with Crippen molar-refractivity contribution < 1.29 is 22.9 Å². The number of rotatable bonds is 3. The normalized spacial score (nSPS) is 16.0. The summed E-state index contributed by atoms with van der Waals surface area (Å²) in [6, 6.07) is 13.5. The maximum absolute atomic E-state index is 12.8. The van der Waals surface area contributed by atoms with E-state index in [1.807, 2.05) is 24.3 Å². The number of carbonyl (C=O) groups is 1. The van der Waals surface area contributed by atoms with Crippen molar-refractivity contribution in [2.45, 2.75) is 4.90 Å². The summed E-state index contributed by atoms with van der Waals surface area (Å²) in [6.45, 7) is 1.47. The molecule has 1 aliphatic heterocycles. The van der Waals surface area contributed by atoms with E-state index in [1.54, 1.807) is 18.5 Å². The summed E-state index contributed by atoms with van der Waals surface area (Å²) in [7, 11) is -3.56. The molecular formula is C18H18N3O4S+. The van der Waals surface area contributed by atoms with Crippen molar-refractivity contribution in [2.24, 2.45) is 0 Å². The minimum atomic E-state index is -3.56. The first-order valence-electron chi connectivity index (χ1n) is 8.28. The van der Waals surface area contributed by atoms with Crippen LogP contribution in [0, 0.1) is 0 Å². The SMILES string of the molecule is O=C(c1ccc(S(=O)(=O)N2CCOCC2)cc1)n1c[nH+]c2ccccc21. The molecule has 0 unspecified atom stereocenters. The maximum Gasteiger partial charge on any atom is 0.346 e. The number of morpholine rings is 1. The number of fused-ring (bicyclic) bond motifs is 1. The van der Waals surface area contributed by atoms with Crippen molar-refractivity contribution in [2.75, 3.05) is 26.3 Å². The zero-order valence-corrected chi connectivity index (χ0v) is 14.8. The molecule has 0 spiro atoms. The van der Waals surface area contributed by atoms with Crippen LogP contribution in [0.15, 0.2) is 59.8 Å². The van der Waals surface area contributed by atoms with Crippen molar-refractivity contribution in [3.8, 4) is 0 Å². The number of aromatic amines is 1. The molecule has 7 nitrogen and oxygen atoms in total. The molecule has 1 aliphatic rings. The summed E-state index contributed by atoms with van der Waals surface area (Å²) in [5.74, 6) is -0.224. The summed E-state index contributed by atoms with van der Waals surface area (Å²) >= 11 is 0. The van der Waals surface area contributed by atoms with Crippen molar-refractivity contribution >= 4 is 27.0 Å². The summed E-state index contributed by atoms with van der Waals surface area (Å²) < 4.78 is 33.4. The Morgan fingerprint density at radius 2 is 1.69 bits per heavy atom. The Labute approximate surface area is 150 Å². The lowest BCUT2D eigenvalue weighted by atomic mass is 10.2. The monoisotopic (exact) mass is 372 g/mol. The highest BCUT2D eigenvalue weighted by Gasteiger charge is 2.27. The molecule has 0 amide bonds. The molecule has 4 rings (SSSR count). The minimum absolute atomic E-state index is 0.180. The minimum Gasteiger partial charge on any atom is -0.379 e. The van der Waals surface area contributed by atoms with Crippen LogP contribution in [0.5, 0.6) is 0 Å². The maximum atomic E-state index is 12.8. The van der Waals surface area contributed by atoms with Crippen molar-refractivity contribution in [3.63, 3.8) is 0 Å². The predicted octanol–water partition coefficient (Wildman–Crippen LogP) is 1.16. The summed E-state index contributed by atoms with van der Waals surface area (Å²) in [6.07, 6.45) is 1.60. The number of hydrogen-bond acceptors (Lipinski definition) is 4. The number of carbonyl (C=O) groups excluding carboxylic acids is 1. The summed E-state index contributed by atoms with van der Waals surface area (Å²) in [5.41, 5.74) is 2.04. The van der Waals surface area contributed by atoms with Crippen LogP contribution in [-0.2, 0) is 14.8 Å². The third-order valence-corrected chi connectivity index (χ3v) is 6.35. The number of benzene rings is 2. The van der Waals surface area contributed by atoms with Gasteiger partial charge in [0, 0.05) is 13.1 Å². The zero-order valence-electron chi connectivity index (χ0n) is 14.0. The average Bonchev–Trinajstić information content (AvgIpc) is 3.12. The number of ether oxygens (including phenoxy) is 1. The molecule has 0 saturated carbocycles. The number of nitrogens with zero attached hydrogens (tertiary/aromatic N) is 2. The smallest absolute Gasteiger partial charge is 0.346 e. The van der Waals surface area contributed by atoms with Crippen LogP contribution in [-0.4, -0.2) is 49.5 Å². The molecule has 1 aromatic heterocycles. The van der Waals surface area contributed by atoms with E-state index in [0.29, 0.717) is 31.9 Å². The third kappa shape index (κ3) is 2.92. The molecule has 0 bridgehead atoms. The molecule has 8 heteroatoms. The molecule has 2 aromatic carbocycles. The number of imidazole rings is 1. The Morgan fingerprint density at radius 1 is 1.00 bits per heavy atom. The van der Waals surface area contributed by atoms with E-state index in [0.717, 1.165) is 11.0 Å². The molecule has 0 radical (unpaired) electrons. The van der Waals surface area contributed by atoms with Crippen LogP contribution in [0.4, 0.5) is 0 Å². The molecule has 26 heavy (non-hydrogen) atoms. The number of H-pyrrole nitrogens is 1. The molecular weight excluding hydrogens is 354 g/mol. The molecule has 1 N–H and O–H groups in total.